The molecule has 0 aromatic carbocycles. The lowest BCUT2D eigenvalue weighted by atomic mass is 10.2. The van der Waals surface area contributed by atoms with E-state index in [4.69, 9.17) is 16.9 Å². The number of ether oxygens (including phenoxy) is 1. The van der Waals surface area contributed by atoms with E-state index >= 15 is 0 Å². The zero-order chi connectivity index (χ0) is 9.90. The van der Waals surface area contributed by atoms with E-state index in [9.17, 15) is 0 Å². The van der Waals surface area contributed by atoms with Crippen LogP contribution in [0.3, 0.4) is 0 Å². The fraction of sp³-hybridized carbons (Fsp3) is 0.333. The molecule has 0 bridgehead atoms. The van der Waals surface area contributed by atoms with Crippen molar-refractivity contribution in [1.82, 2.24) is 9.97 Å². The maximum Gasteiger partial charge on any atom is 0.319 e. The fourth-order valence-corrected chi connectivity index (χ4v) is 0.661. The van der Waals surface area contributed by atoms with Gasteiger partial charge in [-0.25, -0.2) is 4.98 Å². The van der Waals surface area contributed by atoms with Crippen LogP contribution < -0.4 is 10.5 Å². The number of terminal acetylenes is 1. The van der Waals surface area contributed by atoms with Crippen LogP contribution in [-0.2, 0) is 0 Å². The molecule has 0 saturated heterocycles. The van der Waals surface area contributed by atoms with Crippen molar-refractivity contribution in [2.75, 3.05) is 5.73 Å². The second-order valence-electron chi connectivity index (χ2n) is 3.02. The highest BCUT2D eigenvalue weighted by molar-refractivity contribution is 5.27. The zero-order valence-electron chi connectivity index (χ0n) is 7.61. The number of nitrogen functional groups attached to an aromatic ring is 1. The Morgan fingerprint density at radius 3 is 2.85 bits per heavy atom. The Bertz CT molecular complexity index is 341. The van der Waals surface area contributed by atoms with Crippen molar-refractivity contribution < 1.29 is 4.74 Å². The minimum atomic E-state index is -0.714. The van der Waals surface area contributed by atoms with Crippen molar-refractivity contribution >= 4 is 5.82 Å². The van der Waals surface area contributed by atoms with E-state index in [0.717, 1.165) is 0 Å². The summed E-state index contributed by atoms with van der Waals surface area (Å²) in [6.07, 6.45) is 6.75. The van der Waals surface area contributed by atoms with Crippen molar-refractivity contribution in [2.45, 2.75) is 19.4 Å². The first-order valence-electron chi connectivity index (χ1n) is 3.79. The van der Waals surface area contributed by atoms with Gasteiger partial charge in [-0.05, 0) is 19.9 Å². The van der Waals surface area contributed by atoms with E-state index in [-0.39, 0.29) is 6.01 Å². The van der Waals surface area contributed by atoms with Crippen LogP contribution in [0.25, 0.3) is 0 Å². The van der Waals surface area contributed by atoms with Crippen molar-refractivity contribution in [1.29, 1.82) is 0 Å². The van der Waals surface area contributed by atoms with Crippen molar-refractivity contribution in [3.8, 4) is 18.4 Å². The lowest BCUT2D eigenvalue weighted by molar-refractivity contribution is 0.156. The van der Waals surface area contributed by atoms with Crippen LogP contribution in [0.5, 0.6) is 6.01 Å². The number of hydrogen-bond donors (Lipinski definition) is 1. The highest BCUT2D eigenvalue weighted by Crippen LogP contribution is 2.12. The molecule has 1 aromatic heterocycles. The van der Waals surface area contributed by atoms with Gasteiger partial charge >= 0.3 is 6.01 Å². The Kier molecular flexibility index (Phi) is 2.38. The number of anilines is 1. The van der Waals surface area contributed by atoms with Crippen molar-refractivity contribution in [2.24, 2.45) is 0 Å². The highest BCUT2D eigenvalue weighted by Gasteiger charge is 2.16. The van der Waals surface area contributed by atoms with Gasteiger partial charge in [0.05, 0.1) is 0 Å². The lowest BCUT2D eigenvalue weighted by Crippen LogP contribution is -2.26. The zero-order valence-corrected chi connectivity index (χ0v) is 7.61. The predicted molar refractivity (Wildman–Crippen MR) is 50.0 cm³/mol. The first kappa shape index (κ1) is 9.33. The molecule has 0 fully saturated rings. The first-order chi connectivity index (χ1) is 6.03. The van der Waals surface area contributed by atoms with Gasteiger partial charge in [0.15, 0.2) is 5.60 Å². The summed E-state index contributed by atoms with van der Waals surface area (Å²) in [5, 5.41) is 0. The molecule has 4 nitrogen and oxygen atoms in total. The molecule has 1 heterocycles. The third-order valence-corrected chi connectivity index (χ3v) is 1.35. The molecule has 1 rings (SSSR count). The molecule has 0 saturated carbocycles. The van der Waals surface area contributed by atoms with E-state index in [1.807, 2.05) is 0 Å². The Hall–Kier alpha value is -1.76. The third kappa shape index (κ3) is 2.64. The summed E-state index contributed by atoms with van der Waals surface area (Å²) >= 11 is 0. The molecular weight excluding hydrogens is 166 g/mol. The number of hydrogen-bond acceptors (Lipinski definition) is 4. The molecule has 0 aliphatic heterocycles. The molecule has 0 atom stereocenters. The van der Waals surface area contributed by atoms with Gasteiger partial charge in [-0.3, -0.25) is 0 Å². The Labute approximate surface area is 77.1 Å². The average molecular weight is 177 g/mol. The van der Waals surface area contributed by atoms with Crippen LogP contribution in [0.1, 0.15) is 13.8 Å². The van der Waals surface area contributed by atoms with Gasteiger partial charge in [0.25, 0.3) is 0 Å². The number of nitrogens with zero attached hydrogens (tertiary/aromatic N) is 2. The number of aromatic nitrogens is 2. The van der Waals surface area contributed by atoms with E-state index in [0.29, 0.717) is 5.82 Å². The van der Waals surface area contributed by atoms with Gasteiger partial charge in [-0.15, -0.1) is 6.42 Å². The monoisotopic (exact) mass is 177 g/mol. The van der Waals surface area contributed by atoms with E-state index in [1.54, 1.807) is 19.9 Å². The molecule has 0 amide bonds. The fourth-order valence-electron chi connectivity index (χ4n) is 0.661. The lowest BCUT2D eigenvalue weighted by Gasteiger charge is -2.17. The van der Waals surface area contributed by atoms with Crippen molar-refractivity contribution in [3.05, 3.63) is 12.3 Å². The van der Waals surface area contributed by atoms with Crippen LogP contribution in [0, 0.1) is 12.3 Å². The second-order valence-corrected chi connectivity index (χ2v) is 3.02. The standard InChI is InChI=1S/C9H11N3O/c1-4-9(2,3)13-8-11-6-5-7(10)12-8/h1,5-6H,2-3H3,(H2,10,11,12). The molecule has 0 unspecified atom stereocenters. The third-order valence-electron chi connectivity index (χ3n) is 1.35. The normalized spacial score (nSPS) is 10.5. The van der Waals surface area contributed by atoms with Crippen LogP contribution in [0.4, 0.5) is 5.82 Å². The maximum atomic E-state index is 5.44. The molecule has 4 heteroatoms. The molecule has 1 aromatic rings. The van der Waals surface area contributed by atoms with Gasteiger partial charge in [0.2, 0.25) is 0 Å². The minimum absolute atomic E-state index is 0.197. The molecule has 68 valence electrons. The summed E-state index contributed by atoms with van der Waals surface area (Å²) in [5.74, 6) is 2.83. The molecular formula is C9H11N3O. The maximum absolute atomic E-state index is 5.44. The van der Waals surface area contributed by atoms with Gasteiger partial charge < -0.3 is 10.5 Å². The van der Waals surface area contributed by atoms with E-state index < -0.39 is 5.60 Å². The van der Waals surface area contributed by atoms with Crippen molar-refractivity contribution in [3.63, 3.8) is 0 Å². The second kappa shape index (κ2) is 3.31. The summed E-state index contributed by atoms with van der Waals surface area (Å²) in [7, 11) is 0. The van der Waals surface area contributed by atoms with E-state index in [2.05, 4.69) is 15.9 Å². The summed E-state index contributed by atoms with van der Waals surface area (Å²) in [6, 6.07) is 1.78. The SMILES string of the molecule is C#CC(C)(C)Oc1nccc(N)n1. The Morgan fingerprint density at radius 2 is 2.31 bits per heavy atom. The van der Waals surface area contributed by atoms with Gasteiger partial charge in [-0.2, -0.15) is 4.98 Å². The van der Waals surface area contributed by atoms with Gasteiger partial charge in [0, 0.05) is 6.20 Å². The van der Waals surface area contributed by atoms with Crippen LogP contribution in [-0.4, -0.2) is 15.6 Å². The van der Waals surface area contributed by atoms with Gasteiger partial charge in [-0.1, -0.05) is 5.92 Å². The van der Waals surface area contributed by atoms with E-state index in [1.165, 1.54) is 6.20 Å². The molecule has 0 aliphatic carbocycles. The largest absolute Gasteiger partial charge is 0.444 e. The molecule has 2 N–H and O–H groups in total. The smallest absolute Gasteiger partial charge is 0.319 e. The molecule has 0 radical (unpaired) electrons. The Balaban J connectivity index is 2.82. The number of rotatable bonds is 2. The summed E-state index contributed by atoms with van der Waals surface area (Å²) < 4.78 is 5.29. The van der Waals surface area contributed by atoms with Crippen LogP contribution >= 0.6 is 0 Å². The molecule has 13 heavy (non-hydrogen) atoms. The minimum Gasteiger partial charge on any atom is -0.444 e. The summed E-state index contributed by atoms with van der Waals surface area (Å²) in [6.45, 7) is 3.50. The first-order valence-corrected chi connectivity index (χ1v) is 3.79. The average Bonchev–Trinajstić information content (AvgIpc) is 2.03. The molecule has 0 aliphatic rings. The highest BCUT2D eigenvalue weighted by atomic mass is 16.5. The Morgan fingerprint density at radius 1 is 1.62 bits per heavy atom. The predicted octanol–water partition coefficient (Wildman–Crippen LogP) is 0.849. The van der Waals surface area contributed by atoms with Gasteiger partial charge in [0.1, 0.15) is 5.82 Å². The number of nitrogens with two attached hydrogens (primary N) is 1. The summed E-state index contributed by atoms with van der Waals surface area (Å²) in [4.78, 5) is 7.72. The summed E-state index contributed by atoms with van der Waals surface area (Å²) in [5.41, 5.74) is 4.72. The van der Waals surface area contributed by atoms with Crippen LogP contribution in [0.15, 0.2) is 12.3 Å². The molecule has 0 spiro atoms. The topological polar surface area (TPSA) is 61.0 Å². The quantitative estimate of drug-likeness (QED) is 0.680. The van der Waals surface area contributed by atoms with Crippen LogP contribution in [0.2, 0.25) is 0 Å².